The number of fused-ring (bicyclic) bond motifs is 1. The summed E-state index contributed by atoms with van der Waals surface area (Å²) in [6, 6.07) is 9.17. The molecular formula is C16H22N4O. The summed E-state index contributed by atoms with van der Waals surface area (Å²) in [7, 11) is 4.09. The van der Waals surface area contributed by atoms with Crippen LogP contribution in [0.25, 0.3) is 10.9 Å². The maximum Gasteiger partial charge on any atom is 0.252 e. The molecule has 5 heteroatoms. The number of rotatable bonds is 6. The Morgan fingerprint density at radius 2 is 2.05 bits per heavy atom. The largest absolute Gasteiger partial charge is 0.384 e. The van der Waals surface area contributed by atoms with E-state index in [0.717, 1.165) is 30.3 Å². The van der Waals surface area contributed by atoms with E-state index in [2.05, 4.69) is 15.2 Å². The van der Waals surface area contributed by atoms with Crippen molar-refractivity contribution in [1.29, 1.82) is 0 Å². The quantitative estimate of drug-likeness (QED) is 0.796. The van der Waals surface area contributed by atoms with Gasteiger partial charge in [-0.25, -0.2) is 4.98 Å². The van der Waals surface area contributed by atoms with Crippen LogP contribution in [0.1, 0.15) is 23.2 Å². The van der Waals surface area contributed by atoms with Gasteiger partial charge in [0, 0.05) is 11.9 Å². The third-order valence-electron chi connectivity index (χ3n) is 3.30. The average molecular weight is 286 g/mol. The highest BCUT2D eigenvalue weighted by molar-refractivity contribution is 6.06. The summed E-state index contributed by atoms with van der Waals surface area (Å²) < 4.78 is 0. The number of nitrogens with one attached hydrogen (secondary N) is 1. The van der Waals surface area contributed by atoms with Crippen LogP contribution in [0.3, 0.4) is 0 Å². The molecule has 3 N–H and O–H groups in total. The molecule has 0 saturated heterocycles. The van der Waals surface area contributed by atoms with E-state index in [4.69, 9.17) is 5.73 Å². The molecule has 1 aromatic carbocycles. The first kappa shape index (κ1) is 15.3. The minimum atomic E-state index is -0.0925. The molecule has 1 amide bonds. The van der Waals surface area contributed by atoms with Crippen molar-refractivity contribution >= 4 is 22.6 Å². The number of amides is 1. The molecule has 0 radical (unpaired) electrons. The van der Waals surface area contributed by atoms with Gasteiger partial charge in [0.2, 0.25) is 0 Å². The molecule has 0 aliphatic carbocycles. The van der Waals surface area contributed by atoms with E-state index in [1.807, 2.05) is 38.4 Å². The second kappa shape index (κ2) is 7.04. The molecule has 2 aromatic rings. The number of nitrogen functional groups attached to an aromatic ring is 1. The summed E-state index contributed by atoms with van der Waals surface area (Å²) in [4.78, 5) is 18.7. The fourth-order valence-corrected chi connectivity index (χ4v) is 2.23. The highest BCUT2D eigenvalue weighted by Gasteiger charge is 2.11. The Morgan fingerprint density at radius 1 is 1.29 bits per heavy atom. The SMILES string of the molecule is CN(C)CCCCNC(=O)c1cc(N)nc2ccccc12. The fourth-order valence-electron chi connectivity index (χ4n) is 2.23. The van der Waals surface area contributed by atoms with Crippen LogP contribution in [0, 0.1) is 0 Å². The van der Waals surface area contributed by atoms with Crippen LogP contribution in [0.5, 0.6) is 0 Å². The Hall–Kier alpha value is -2.14. The first-order valence-corrected chi connectivity index (χ1v) is 7.16. The van der Waals surface area contributed by atoms with E-state index in [-0.39, 0.29) is 5.91 Å². The first-order valence-electron chi connectivity index (χ1n) is 7.16. The van der Waals surface area contributed by atoms with Crippen molar-refractivity contribution in [3.05, 3.63) is 35.9 Å². The highest BCUT2D eigenvalue weighted by atomic mass is 16.1. The smallest absolute Gasteiger partial charge is 0.252 e. The predicted molar refractivity (Wildman–Crippen MR) is 86.3 cm³/mol. The highest BCUT2D eigenvalue weighted by Crippen LogP contribution is 2.19. The maximum atomic E-state index is 12.3. The Balaban J connectivity index is 2.02. The average Bonchev–Trinajstić information content (AvgIpc) is 2.45. The van der Waals surface area contributed by atoms with Crippen molar-refractivity contribution in [2.24, 2.45) is 0 Å². The minimum absolute atomic E-state index is 0.0925. The molecule has 1 heterocycles. The molecule has 0 saturated carbocycles. The van der Waals surface area contributed by atoms with E-state index in [1.54, 1.807) is 6.07 Å². The number of hydrogen-bond acceptors (Lipinski definition) is 4. The molecule has 0 atom stereocenters. The first-order chi connectivity index (χ1) is 10.1. The van der Waals surface area contributed by atoms with Gasteiger partial charge in [0.1, 0.15) is 5.82 Å². The van der Waals surface area contributed by atoms with E-state index < -0.39 is 0 Å². The normalized spacial score (nSPS) is 11.0. The summed E-state index contributed by atoms with van der Waals surface area (Å²) in [5, 5.41) is 3.78. The Kier molecular flexibility index (Phi) is 5.11. The van der Waals surface area contributed by atoms with Crippen molar-refractivity contribution < 1.29 is 4.79 Å². The van der Waals surface area contributed by atoms with E-state index in [9.17, 15) is 4.79 Å². The van der Waals surface area contributed by atoms with Gasteiger partial charge in [0.15, 0.2) is 0 Å². The summed E-state index contributed by atoms with van der Waals surface area (Å²) in [6.07, 6.45) is 2.02. The second-order valence-corrected chi connectivity index (χ2v) is 5.38. The predicted octanol–water partition coefficient (Wildman–Crippen LogP) is 1.89. The van der Waals surface area contributed by atoms with Crippen molar-refractivity contribution in [1.82, 2.24) is 15.2 Å². The van der Waals surface area contributed by atoms with Crippen LogP contribution in [-0.4, -0.2) is 43.0 Å². The molecule has 5 nitrogen and oxygen atoms in total. The molecule has 0 fully saturated rings. The lowest BCUT2D eigenvalue weighted by molar-refractivity contribution is 0.0954. The minimum Gasteiger partial charge on any atom is -0.384 e. The van der Waals surface area contributed by atoms with Gasteiger partial charge in [-0.1, -0.05) is 18.2 Å². The van der Waals surface area contributed by atoms with E-state index >= 15 is 0 Å². The number of aromatic nitrogens is 1. The zero-order valence-electron chi connectivity index (χ0n) is 12.6. The molecule has 1 aromatic heterocycles. The van der Waals surface area contributed by atoms with Crippen LogP contribution in [0.4, 0.5) is 5.82 Å². The number of anilines is 1. The Morgan fingerprint density at radius 3 is 2.81 bits per heavy atom. The number of nitrogens with zero attached hydrogens (tertiary/aromatic N) is 2. The van der Waals surface area contributed by atoms with Gasteiger partial charge in [-0.15, -0.1) is 0 Å². The molecule has 112 valence electrons. The van der Waals surface area contributed by atoms with Crippen molar-refractivity contribution in [3.8, 4) is 0 Å². The molecule has 0 spiro atoms. The monoisotopic (exact) mass is 286 g/mol. The molecule has 0 unspecified atom stereocenters. The van der Waals surface area contributed by atoms with Crippen LogP contribution >= 0.6 is 0 Å². The summed E-state index contributed by atoms with van der Waals surface area (Å²) in [5.74, 6) is 0.275. The van der Waals surface area contributed by atoms with Crippen molar-refractivity contribution in [2.45, 2.75) is 12.8 Å². The summed E-state index contributed by atoms with van der Waals surface area (Å²) >= 11 is 0. The van der Waals surface area contributed by atoms with Gasteiger partial charge >= 0.3 is 0 Å². The van der Waals surface area contributed by atoms with E-state index in [0.29, 0.717) is 17.9 Å². The van der Waals surface area contributed by atoms with Crippen molar-refractivity contribution in [2.75, 3.05) is 32.9 Å². The van der Waals surface area contributed by atoms with Crippen LogP contribution in [-0.2, 0) is 0 Å². The van der Waals surface area contributed by atoms with Gasteiger partial charge in [-0.3, -0.25) is 4.79 Å². The summed E-state index contributed by atoms with van der Waals surface area (Å²) in [6.45, 7) is 1.70. The van der Waals surface area contributed by atoms with Gasteiger partial charge in [0.05, 0.1) is 11.1 Å². The standard InChI is InChI=1S/C16H22N4O/c1-20(2)10-6-5-9-18-16(21)13-11-15(17)19-14-8-4-3-7-12(13)14/h3-4,7-8,11H,5-6,9-10H2,1-2H3,(H2,17,19)(H,18,21). The molecule has 0 aliphatic heterocycles. The molecular weight excluding hydrogens is 264 g/mol. The molecule has 0 bridgehead atoms. The zero-order chi connectivity index (χ0) is 15.2. The van der Waals surface area contributed by atoms with Gasteiger partial charge in [0.25, 0.3) is 5.91 Å². The van der Waals surface area contributed by atoms with Gasteiger partial charge in [-0.05, 0) is 45.6 Å². The number of hydrogen-bond donors (Lipinski definition) is 2. The number of nitrogens with two attached hydrogens (primary N) is 1. The lowest BCUT2D eigenvalue weighted by Gasteiger charge is -2.10. The second-order valence-electron chi connectivity index (χ2n) is 5.38. The maximum absolute atomic E-state index is 12.3. The number of carbonyl (C=O) groups is 1. The fraction of sp³-hybridized carbons (Fsp3) is 0.375. The van der Waals surface area contributed by atoms with Gasteiger partial charge < -0.3 is 16.0 Å². The zero-order valence-corrected chi connectivity index (χ0v) is 12.6. The van der Waals surface area contributed by atoms with Crippen LogP contribution in [0.15, 0.2) is 30.3 Å². The van der Waals surface area contributed by atoms with Crippen LogP contribution in [0.2, 0.25) is 0 Å². The van der Waals surface area contributed by atoms with Gasteiger partial charge in [-0.2, -0.15) is 0 Å². The molecule has 0 aliphatic rings. The lowest BCUT2D eigenvalue weighted by Crippen LogP contribution is -2.25. The molecule has 21 heavy (non-hydrogen) atoms. The Bertz CT molecular complexity index is 625. The topological polar surface area (TPSA) is 71.2 Å². The number of carbonyl (C=O) groups excluding carboxylic acids is 1. The lowest BCUT2D eigenvalue weighted by atomic mass is 10.1. The summed E-state index contributed by atoms with van der Waals surface area (Å²) in [5.41, 5.74) is 7.11. The molecule has 2 rings (SSSR count). The number of benzene rings is 1. The number of para-hydroxylation sites is 1. The third-order valence-corrected chi connectivity index (χ3v) is 3.30. The number of pyridine rings is 1. The third kappa shape index (κ3) is 4.16. The Labute approximate surface area is 125 Å². The van der Waals surface area contributed by atoms with Crippen molar-refractivity contribution in [3.63, 3.8) is 0 Å². The number of unbranched alkanes of at least 4 members (excludes halogenated alkanes) is 1. The van der Waals surface area contributed by atoms with Crippen LogP contribution < -0.4 is 11.1 Å². The van der Waals surface area contributed by atoms with E-state index in [1.165, 1.54) is 0 Å².